The average Bonchev–Trinajstić information content (AvgIpc) is 2.40. The van der Waals surface area contributed by atoms with E-state index in [9.17, 15) is 35.9 Å². The van der Waals surface area contributed by atoms with E-state index in [1.807, 2.05) is 0 Å². The molecule has 0 spiro atoms. The summed E-state index contributed by atoms with van der Waals surface area (Å²) < 4.78 is 75.0. The fourth-order valence-corrected chi connectivity index (χ4v) is 2.81. The maximum atomic E-state index is 12.6. The van der Waals surface area contributed by atoms with Gasteiger partial charge in [-0.25, -0.2) is 4.79 Å². The van der Waals surface area contributed by atoms with Gasteiger partial charge in [0.25, 0.3) is 0 Å². The zero-order valence-electron chi connectivity index (χ0n) is 10.7. The number of benzene rings is 1. The fraction of sp³-hybridized carbons (Fsp3) is 0.167. The summed E-state index contributed by atoms with van der Waals surface area (Å²) in [6, 6.07) is 4.02. The predicted molar refractivity (Wildman–Crippen MR) is 73.7 cm³/mol. The molecule has 23 heavy (non-hydrogen) atoms. The summed E-state index contributed by atoms with van der Waals surface area (Å²) >= 11 is -2.11. The second kappa shape index (κ2) is 7.30. The van der Waals surface area contributed by atoms with Gasteiger partial charge in [-0.1, -0.05) is 24.3 Å². The Bertz CT molecular complexity index is 619. The van der Waals surface area contributed by atoms with Crippen molar-refractivity contribution in [3.63, 3.8) is 0 Å². The molecule has 126 valence electrons. The SMILES string of the molecule is O=Cc1ccc(/C(SC(F)(F)F)=C(\SC(F)(F)F)C(=O)O)cc1. The Labute approximate surface area is 133 Å². The normalized spacial score (nSPS) is 13.5. The van der Waals surface area contributed by atoms with Gasteiger partial charge in [-0.05, 0) is 29.1 Å². The summed E-state index contributed by atoms with van der Waals surface area (Å²) in [5.41, 5.74) is -10.4. The molecule has 0 fully saturated rings. The summed E-state index contributed by atoms with van der Waals surface area (Å²) in [6.45, 7) is 0. The average molecular weight is 376 g/mol. The number of halogens is 6. The lowest BCUT2D eigenvalue weighted by atomic mass is 10.1. The summed E-state index contributed by atoms with van der Waals surface area (Å²) in [7, 11) is 0. The lowest BCUT2D eigenvalue weighted by Gasteiger charge is -2.15. The molecular formula is C12H6F6O3S2. The maximum Gasteiger partial charge on any atom is 0.446 e. The molecule has 1 rings (SSSR count). The number of alkyl halides is 6. The fourth-order valence-electron chi connectivity index (χ4n) is 1.37. The highest BCUT2D eigenvalue weighted by Crippen LogP contribution is 2.48. The van der Waals surface area contributed by atoms with Gasteiger partial charge in [0, 0.05) is 10.5 Å². The molecule has 0 amide bonds. The molecule has 0 bridgehead atoms. The zero-order valence-corrected chi connectivity index (χ0v) is 12.4. The number of carbonyl (C=O) groups is 2. The molecule has 0 unspecified atom stereocenters. The minimum Gasteiger partial charge on any atom is -0.477 e. The Morgan fingerprint density at radius 1 is 0.957 bits per heavy atom. The first-order chi connectivity index (χ1) is 10.4. The minimum absolute atomic E-state index is 0.0745. The molecule has 0 aromatic heterocycles. The topological polar surface area (TPSA) is 54.4 Å². The van der Waals surface area contributed by atoms with Crippen LogP contribution < -0.4 is 0 Å². The van der Waals surface area contributed by atoms with E-state index in [2.05, 4.69) is 0 Å². The first kappa shape index (κ1) is 19.4. The van der Waals surface area contributed by atoms with Crippen LogP contribution in [0.5, 0.6) is 0 Å². The van der Waals surface area contributed by atoms with E-state index in [1.54, 1.807) is 0 Å². The largest absolute Gasteiger partial charge is 0.477 e. The van der Waals surface area contributed by atoms with Crippen LogP contribution in [-0.2, 0) is 4.79 Å². The van der Waals surface area contributed by atoms with Crippen LogP contribution in [0.3, 0.4) is 0 Å². The third-order valence-electron chi connectivity index (χ3n) is 2.15. The van der Waals surface area contributed by atoms with Gasteiger partial charge in [0.2, 0.25) is 0 Å². The van der Waals surface area contributed by atoms with Crippen molar-refractivity contribution >= 4 is 40.7 Å². The predicted octanol–water partition coefficient (Wildman–Crippen LogP) is 4.76. The van der Waals surface area contributed by atoms with Crippen molar-refractivity contribution < 1.29 is 41.0 Å². The van der Waals surface area contributed by atoms with Crippen LogP contribution in [0.4, 0.5) is 26.3 Å². The number of rotatable bonds is 5. The third kappa shape index (κ3) is 6.57. The second-order valence-electron chi connectivity index (χ2n) is 3.80. The van der Waals surface area contributed by atoms with Crippen LogP contribution in [0, 0.1) is 0 Å². The highest BCUT2D eigenvalue weighted by atomic mass is 32.2. The van der Waals surface area contributed by atoms with Gasteiger partial charge < -0.3 is 5.11 Å². The number of hydrogen-bond donors (Lipinski definition) is 1. The first-order valence-electron chi connectivity index (χ1n) is 5.47. The van der Waals surface area contributed by atoms with Crippen LogP contribution in [0.1, 0.15) is 15.9 Å². The van der Waals surface area contributed by atoms with Gasteiger partial charge in [0.1, 0.15) is 11.2 Å². The molecule has 3 nitrogen and oxygen atoms in total. The molecular weight excluding hydrogens is 370 g/mol. The van der Waals surface area contributed by atoms with Crippen molar-refractivity contribution in [2.75, 3.05) is 0 Å². The number of aldehydes is 1. The van der Waals surface area contributed by atoms with Crippen molar-refractivity contribution in [3.8, 4) is 0 Å². The number of thioether (sulfide) groups is 2. The summed E-state index contributed by atoms with van der Waals surface area (Å²) in [5, 5.41) is 8.85. The van der Waals surface area contributed by atoms with Gasteiger partial charge in [-0.3, -0.25) is 4.79 Å². The number of carboxylic acid groups (broad SMARTS) is 1. The Morgan fingerprint density at radius 3 is 1.78 bits per heavy atom. The van der Waals surface area contributed by atoms with Gasteiger partial charge >= 0.3 is 17.0 Å². The van der Waals surface area contributed by atoms with Gasteiger partial charge in [-0.2, -0.15) is 26.3 Å². The zero-order chi connectivity index (χ0) is 17.8. The summed E-state index contributed by atoms with van der Waals surface area (Å²) in [6.07, 6.45) is 0.382. The standard InChI is InChI=1S/C12H6F6O3S2/c13-11(14,15)22-8(7-3-1-6(5-19)2-4-7)9(10(20)21)23-12(16,17)18/h1-5H,(H,20,21)/b9-8+. The third-order valence-corrected chi connectivity index (χ3v) is 3.96. The first-order valence-corrected chi connectivity index (χ1v) is 7.11. The van der Waals surface area contributed by atoms with Gasteiger partial charge in [0.15, 0.2) is 0 Å². The minimum atomic E-state index is -5.08. The molecule has 11 heteroatoms. The molecule has 0 aliphatic carbocycles. The molecule has 0 atom stereocenters. The monoisotopic (exact) mass is 376 g/mol. The van der Waals surface area contributed by atoms with E-state index >= 15 is 0 Å². The molecule has 0 radical (unpaired) electrons. The van der Waals surface area contributed by atoms with Crippen molar-refractivity contribution in [2.24, 2.45) is 0 Å². The van der Waals surface area contributed by atoms with Crippen molar-refractivity contribution in [2.45, 2.75) is 11.0 Å². The Hall–Kier alpha value is -1.62. The van der Waals surface area contributed by atoms with E-state index < -0.39 is 55.9 Å². The molecule has 1 aromatic carbocycles. The molecule has 1 aromatic rings. The van der Waals surface area contributed by atoms with E-state index in [4.69, 9.17) is 5.11 Å². The van der Waals surface area contributed by atoms with Crippen molar-refractivity contribution in [3.05, 3.63) is 40.3 Å². The van der Waals surface area contributed by atoms with E-state index in [0.29, 0.717) is 6.29 Å². The maximum absolute atomic E-state index is 12.6. The molecule has 0 heterocycles. The van der Waals surface area contributed by atoms with Gasteiger partial charge in [0.05, 0.1) is 0 Å². The second-order valence-corrected chi connectivity index (χ2v) is 5.95. The number of hydrogen-bond acceptors (Lipinski definition) is 4. The molecule has 0 aliphatic heterocycles. The van der Waals surface area contributed by atoms with Crippen LogP contribution in [-0.4, -0.2) is 28.4 Å². The van der Waals surface area contributed by atoms with E-state index in [-0.39, 0.29) is 5.56 Å². The molecule has 0 aliphatic rings. The van der Waals surface area contributed by atoms with Crippen molar-refractivity contribution in [1.29, 1.82) is 0 Å². The smallest absolute Gasteiger partial charge is 0.446 e. The van der Waals surface area contributed by atoms with E-state index in [1.165, 1.54) is 0 Å². The van der Waals surface area contributed by atoms with Gasteiger partial charge in [-0.15, -0.1) is 0 Å². The molecule has 1 N–H and O–H groups in total. The Morgan fingerprint density at radius 2 is 1.43 bits per heavy atom. The molecule has 0 saturated carbocycles. The quantitative estimate of drug-likeness (QED) is 0.456. The summed E-state index contributed by atoms with van der Waals surface area (Å²) in [5.74, 6) is -2.14. The number of carboxylic acids is 1. The molecule has 0 saturated heterocycles. The Kier molecular flexibility index (Phi) is 6.17. The number of carbonyl (C=O) groups excluding carboxylic acids is 1. The van der Waals surface area contributed by atoms with Crippen molar-refractivity contribution in [1.82, 2.24) is 0 Å². The number of aliphatic carboxylic acids is 1. The van der Waals surface area contributed by atoms with Crippen LogP contribution >= 0.6 is 23.5 Å². The highest BCUT2D eigenvalue weighted by Gasteiger charge is 2.39. The van der Waals surface area contributed by atoms with Crippen LogP contribution in [0.25, 0.3) is 4.91 Å². The lowest BCUT2D eigenvalue weighted by Crippen LogP contribution is -2.10. The highest BCUT2D eigenvalue weighted by molar-refractivity contribution is 8.12. The van der Waals surface area contributed by atoms with E-state index in [0.717, 1.165) is 24.3 Å². The summed E-state index contributed by atoms with van der Waals surface area (Å²) in [4.78, 5) is 18.9. The Balaban J connectivity index is 3.48. The lowest BCUT2D eigenvalue weighted by molar-refractivity contribution is -0.131. The van der Waals surface area contributed by atoms with Crippen LogP contribution in [0.15, 0.2) is 29.2 Å². The van der Waals surface area contributed by atoms with Crippen LogP contribution in [0.2, 0.25) is 0 Å².